The zero-order valence-corrected chi connectivity index (χ0v) is 18.2. The molecule has 1 unspecified atom stereocenters. The van der Waals surface area contributed by atoms with E-state index in [0.29, 0.717) is 25.1 Å². The molecule has 29 heavy (non-hydrogen) atoms. The van der Waals surface area contributed by atoms with Crippen LogP contribution in [0.2, 0.25) is 0 Å². The molecule has 1 aromatic rings. The standard InChI is InChI=1S/C21H32N4O4/c1-7-28-19(26)17-10-16(11-22-12-17)15(4)8-9-21(5,6)29-20(27)18-13-25(14(2)3)24-23-18/h10,12-15,22H,7-9,11H2,1-6H3. The van der Waals surface area contributed by atoms with E-state index in [9.17, 15) is 9.59 Å². The number of nitrogens with zero attached hydrogens (tertiary/aromatic N) is 3. The van der Waals surface area contributed by atoms with Gasteiger partial charge in [-0.3, -0.25) is 0 Å². The third-order valence-electron chi connectivity index (χ3n) is 4.85. The molecule has 160 valence electrons. The lowest BCUT2D eigenvalue weighted by atomic mass is 9.89. The van der Waals surface area contributed by atoms with Crippen molar-refractivity contribution in [2.24, 2.45) is 5.92 Å². The highest BCUT2D eigenvalue weighted by atomic mass is 16.6. The molecule has 1 aliphatic heterocycles. The number of ether oxygens (including phenoxy) is 2. The number of hydrogen-bond donors (Lipinski definition) is 1. The first-order chi connectivity index (χ1) is 13.6. The number of rotatable bonds is 9. The molecule has 0 saturated heterocycles. The highest BCUT2D eigenvalue weighted by molar-refractivity contribution is 5.92. The Hall–Kier alpha value is -2.64. The van der Waals surface area contributed by atoms with Crippen molar-refractivity contribution in [1.29, 1.82) is 0 Å². The van der Waals surface area contributed by atoms with Gasteiger partial charge in [0.05, 0.1) is 18.4 Å². The minimum Gasteiger partial charge on any atom is -0.462 e. The Morgan fingerprint density at radius 1 is 1.28 bits per heavy atom. The molecule has 0 amide bonds. The summed E-state index contributed by atoms with van der Waals surface area (Å²) in [7, 11) is 0. The fraction of sp³-hybridized carbons (Fsp3) is 0.619. The van der Waals surface area contributed by atoms with E-state index in [1.165, 1.54) is 0 Å². The van der Waals surface area contributed by atoms with E-state index in [-0.39, 0.29) is 23.6 Å². The van der Waals surface area contributed by atoms with Gasteiger partial charge in [0.15, 0.2) is 5.69 Å². The Morgan fingerprint density at radius 2 is 2.00 bits per heavy atom. The Labute approximate surface area is 172 Å². The molecular formula is C21H32N4O4. The molecule has 2 heterocycles. The normalized spacial score (nSPS) is 15.3. The molecule has 0 radical (unpaired) electrons. The van der Waals surface area contributed by atoms with Crippen LogP contribution in [-0.2, 0) is 14.3 Å². The van der Waals surface area contributed by atoms with Gasteiger partial charge in [0.25, 0.3) is 0 Å². The van der Waals surface area contributed by atoms with Crippen molar-refractivity contribution >= 4 is 11.9 Å². The molecule has 1 atom stereocenters. The lowest BCUT2D eigenvalue weighted by Crippen LogP contribution is -2.30. The summed E-state index contributed by atoms with van der Waals surface area (Å²) in [5.74, 6) is -0.575. The van der Waals surface area contributed by atoms with Gasteiger partial charge in [-0.25, -0.2) is 14.3 Å². The van der Waals surface area contributed by atoms with Crippen LogP contribution in [0.1, 0.15) is 70.9 Å². The Kier molecular flexibility index (Phi) is 7.59. The fourth-order valence-corrected chi connectivity index (χ4v) is 2.95. The Bertz CT molecular complexity index is 792. The van der Waals surface area contributed by atoms with Gasteiger partial charge in [-0.1, -0.05) is 12.1 Å². The van der Waals surface area contributed by atoms with Gasteiger partial charge < -0.3 is 14.8 Å². The number of carbonyl (C=O) groups excluding carboxylic acids is 2. The van der Waals surface area contributed by atoms with Gasteiger partial charge in [0, 0.05) is 18.8 Å². The minimum atomic E-state index is -0.643. The first kappa shape index (κ1) is 22.6. The van der Waals surface area contributed by atoms with Gasteiger partial charge in [-0.05, 0) is 65.0 Å². The molecule has 8 heteroatoms. The summed E-state index contributed by atoms with van der Waals surface area (Å²) in [5.41, 5.74) is 1.22. The maximum absolute atomic E-state index is 12.4. The number of dihydropyridines is 1. The van der Waals surface area contributed by atoms with Crippen molar-refractivity contribution in [3.63, 3.8) is 0 Å². The molecule has 0 fully saturated rings. The van der Waals surface area contributed by atoms with Gasteiger partial charge in [-0.2, -0.15) is 0 Å². The molecule has 0 aromatic carbocycles. The predicted octanol–water partition coefficient (Wildman–Crippen LogP) is 3.19. The molecule has 8 nitrogen and oxygen atoms in total. The maximum atomic E-state index is 12.4. The summed E-state index contributed by atoms with van der Waals surface area (Å²) in [5, 5.41) is 11.0. The van der Waals surface area contributed by atoms with Gasteiger partial charge in [0.2, 0.25) is 0 Å². The molecule has 1 aromatic heterocycles. The first-order valence-electron chi connectivity index (χ1n) is 10.1. The summed E-state index contributed by atoms with van der Waals surface area (Å²) in [6, 6.07) is 0.129. The fourth-order valence-electron chi connectivity index (χ4n) is 2.95. The van der Waals surface area contributed by atoms with Crippen LogP contribution in [0.5, 0.6) is 0 Å². The number of carbonyl (C=O) groups is 2. The van der Waals surface area contributed by atoms with Crippen molar-refractivity contribution in [1.82, 2.24) is 20.3 Å². The van der Waals surface area contributed by atoms with E-state index in [2.05, 4.69) is 22.6 Å². The smallest absolute Gasteiger partial charge is 0.361 e. The third kappa shape index (κ3) is 6.44. The van der Waals surface area contributed by atoms with E-state index in [1.807, 2.05) is 33.8 Å². The average molecular weight is 405 g/mol. The summed E-state index contributed by atoms with van der Waals surface area (Å²) in [6.45, 7) is 12.6. The van der Waals surface area contributed by atoms with Crippen molar-refractivity contribution in [2.75, 3.05) is 13.2 Å². The largest absolute Gasteiger partial charge is 0.462 e. The van der Waals surface area contributed by atoms with Crippen LogP contribution in [-0.4, -0.2) is 45.7 Å². The van der Waals surface area contributed by atoms with Gasteiger partial charge in [-0.15, -0.1) is 5.10 Å². The third-order valence-corrected chi connectivity index (χ3v) is 4.85. The van der Waals surface area contributed by atoms with Gasteiger partial charge >= 0.3 is 11.9 Å². The molecule has 0 spiro atoms. The number of hydrogen-bond acceptors (Lipinski definition) is 7. The SMILES string of the molecule is CCOC(=O)C1=CNCC(C(C)CCC(C)(C)OC(=O)c2cn(C(C)C)nn2)=C1. The second-order valence-electron chi connectivity index (χ2n) is 8.19. The lowest BCUT2D eigenvalue weighted by molar-refractivity contribution is -0.138. The van der Waals surface area contributed by atoms with Crippen molar-refractivity contribution in [3.05, 3.63) is 35.3 Å². The van der Waals surface area contributed by atoms with E-state index in [0.717, 1.165) is 12.0 Å². The molecule has 0 bridgehead atoms. The van der Waals surface area contributed by atoms with Crippen LogP contribution < -0.4 is 5.32 Å². The quantitative estimate of drug-likeness (QED) is 0.632. The Morgan fingerprint density at radius 3 is 2.62 bits per heavy atom. The van der Waals surface area contributed by atoms with E-state index in [1.54, 1.807) is 24.0 Å². The molecule has 1 aliphatic rings. The molecule has 2 rings (SSSR count). The highest BCUT2D eigenvalue weighted by Crippen LogP contribution is 2.26. The summed E-state index contributed by atoms with van der Waals surface area (Å²) >= 11 is 0. The predicted molar refractivity (Wildman–Crippen MR) is 109 cm³/mol. The second kappa shape index (κ2) is 9.71. The van der Waals surface area contributed by atoms with Crippen LogP contribution in [0.3, 0.4) is 0 Å². The second-order valence-corrected chi connectivity index (χ2v) is 8.19. The molecular weight excluding hydrogens is 372 g/mol. The maximum Gasteiger partial charge on any atom is 0.361 e. The summed E-state index contributed by atoms with van der Waals surface area (Å²) < 4.78 is 12.4. The summed E-state index contributed by atoms with van der Waals surface area (Å²) in [6.07, 6.45) is 6.66. The Balaban J connectivity index is 1.92. The van der Waals surface area contributed by atoms with Gasteiger partial charge in [0.1, 0.15) is 5.60 Å². The highest BCUT2D eigenvalue weighted by Gasteiger charge is 2.27. The zero-order chi connectivity index (χ0) is 21.6. The van der Waals surface area contributed by atoms with Crippen LogP contribution in [0, 0.1) is 5.92 Å². The monoisotopic (exact) mass is 404 g/mol. The number of aromatic nitrogens is 3. The van der Waals surface area contributed by atoms with E-state index >= 15 is 0 Å². The molecule has 1 N–H and O–H groups in total. The minimum absolute atomic E-state index is 0.129. The first-order valence-corrected chi connectivity index (χ1v) is 10.1. The summed E-state index contributed by atoms with van der Waals surface area (Å²) in [4.78, 5) is 24.3. The molecule has 0 aliphatic carbocycles. The van der Waals surface area contributed by atoms with Crippen molar-refractivity contribution < 1.29 is 19.1 Å². The lowest BCUT2D eigenvalue weighted by Gasteiger charge is -2.27. The van der Waals surface area contributed by atoms with Crippen LogP contribution >= 0.6 is 0 Å². The van der Waals surface area contributed by atoms with Crippen LogP contribution in [0.25, 0.3) is 0 Å². The molecule has 0 saturated carbocycles. The van der Waals surface area contributed by atoms with Crippen molar-refractivity contribution in [3.8, 4) is 0 Å². The number of esters is 2. The zero-order valence-electron chi connectivity index (χ0n) is 18.2. The van der Waals surface area contributed by atoms with Crippen LogP contribution in [0.4, 0.5) is 0 Å². The number of nitrogens with one attached hydrogen (secondary N) is 1. The topological polar surface area (TPSA) is 95.3 Å². The van der Waals surface area contributed by atoms with E-state index < -0.39 is 11.6 Å². The van der Waals surface area contributed by atoms with Crippen LogP contribution in [0.15, 0.2) is 29.6 Å². The van der Waals surface area contributed by atoms with E-state index in [4.69, 9.17) is 9.47 Å². The average Bonchev–Trinajstić information content (AvgIpc) is 3.17. The van der Waals surface area contributed by atoms with Crippen molar-refractivity contribution in [2.45, 2.75) is 66.0 Å².